The van der Waals surface area contributed by atoms with E-state index in [-0.39, 0.29) is 17.1 Å². The molecule has 0 fully saturated rings. The number of anilines is 2. The van der Waals surface area contributed by atoms with E-state index in [1.54, 1.807) is 31.2 Å². The Kier molecular flexibility index (Phi) is 6.58. The lowest BCUT2D eigenvalue weighted by Crippen LogP contribution is -2.05. The van der Waals surface area contributed by atoms with Crippen molar-refractivity contribution in [3.05, 3.63) is 76.5 Å². The number of hydrogen-bond acceptors (Lipinski definition) is 9. The molecule has 1 heterocycles. The number of nitrogens with zero attached hydrogens (tertiary/aromatic N) is 5. The molecule has 0 bridgehead atoms. The van der Waals surface area contributed by atoms with Gasteiger partial charge in [0.1, 0.15) is 5.69 Å². The molecule has 0 aliphatic carbocycles. The Bertz CT molecular complexity index is 1140. The van der Waals surface area contributed by atoms with Crippen LogP contribution in [0.3, 0.4) is 0 Å². The molecular formula is C20H17N7O4. The van der Waals surface area contributed by atoms with E-state index in [1.165, 1.54) is 36.7 Å². The first-order valence-corrected chi connectivity index (χ1v) is 8.88. The maximum Gasteiger partial charge on any atom is 0.335 e. The molecule has 11 nitrogen and oxygen atoms in total. The second-order valence-electron chi connectivity index (χ2n) is 6.16. The van der Waals surface area contributed by atoms with Crippen LogP contribution in [0.15, 0.2) is 58.7 Å². The van der Waals surface area contributed by atoms with Gasteiger partial charge in [0.2, 0.25) is 0 Å². The highest BCUT2D eigenvalue weighted by Crippen LogP contribution is 2.10. The normalized spacial score (nSPS) is 11.0. The molecule has 3 aromatic rings. The maximum atomic E-state index is 10.9. The fourth-order valence-corrected chi connectivity index (χ4v) is 2.29. The van der Waals surface area contributed by atoms with Crippen molar-refractivity contribution in [2.45, 2.75) is 6.92 Å². The summed E-state index contributed by atoms with van der Waals surface area (Å²) in [5.74, 6) is -1.51. The first kappa shape index (κ1) is 21.0. The average Bonchev–Trinajstić information content (AvgIpc) is 2.76. The molecule has 3 rings (SSSR count). The molecule has 4 N–H and O–H groups in total. The van der Waals surface area contributed by atoms with Gasteiger partial charge in [0.15, 0.2) is 5.82 Å². The van der Waals surface area contributed by atoms with E-state index < -0.39 is 11.9 Å². The molecular weight excluding hydrogens is 402 g/mol. The van der Waals surface area contributed by atoms with E-state index in [4.69, 9.17) is 10.2 Å². The number of nitrogens with one attached hydrogen (secondary N) is 2. The smallest absolute Gasteiger partial charge is 0.335 e. The molecule has 0 unspecified atom stereocenters. The molecule has 0 aliphatic heterocycles. The van der Waals surface area contributed by atoms with Crippen LogP contribution in [-0.4, -0.2) is 49.8 Å². The number of hydrogen-bond donors (Lipinski definition) is 4. The first-order chi connectivity index (χ1) is 14.9. The third kappa shape index (κ3) is 5.90. The third-order valence-electron chi connectivity index (χ3n) is 3.93. The highest BCUT2D eigenvalue weighted by molar-refractivity contribution is 5.90. The Morgan fingerprint density at radius 3 is 1.77 bits per heavy atom. The van der Waals surface area contributed by atoms with Crippen molar-refractivity contribution in [2.75, 3.05) is 10.9 Å². The minimum absolute atomic E-state index is 0.132. The number of hydrazone groups is 2. The lowest BCUT2D eigenvalue weighted by atomic mass is 10.1. The number of benzene rings is 2. The molecule has 2 aromatic carbocycles. The lowest BCUT2D eigenvalue weighted by Gasteiger charge is -2.04. The SMILES string of the molecule is Cc1nnc(NN=Cc2ccc(C(=O)O)cc2)nc1NN=Cc1ccc(C(=O)O)cc1. The quantitative estimate of drug-likeness (QED) is 0.317. The zero-order valence-corrected chi connectivity index (χ0v) is 16.2. The summed E-state index contributed by atoms with van der Waals surface area (Å²) in [6.07, 6.45) is 3.00. The van der Waals surface area contributed by atoms with Crippen molar-refractivity contribution >= 4 is 36.1 Å². The van der Waals surface area contributed by atoms with Gasteiger partial charge in [-0.3, -0.25) is 5.43 Å². The first-order valence-electron chi connectivity index (χ1n) is 8.88. The lowest BCUT2D eigenvalue weighted by molar-refractivity contribution is 0.0686. The molecule has 0 atom stereocenters. The van der Waals surface area contributed by atoms with Crippen molar-refractivity contribution < 1.29 is 19.8 Å². The van der Waals surface area contributed by atoms with Gasteiger partial charge in [-0.1, -0.05) is 24.3 Å². The summed E-state index contributed by atoms with van der Waals surface area (Å²) in [4.78, 5) is 26.0. The van der Waals surface area contributed by atoms with Crippen LogP contribution in [0.1, 0.15) is 37.5 Å². The standard InChI is InChI=1S/C20H17N7O4/c1-12-17(25-21-10-13-2-6-15(7-3-13)18(28)29)23-20(27-24-12)26-22-11-14-4-8-16(9-5-14)19(30)31/h2-11H,1H3,(H,28,29)(H,30,31)(H2,23,25,26,27). The molecule has 0 aliphatic rings. The second kappa shape index (κ2) is 9.69. The average molecular weight is 419 g/mol. The van der Waals surface area contributed by atoms with Crippen molar-refractivity contribution in [3.63, 3.8) is 0 Å². The molecule has 0 saturated heterocycles. The monoisotopic (exact) mass is 419 g/mol. The predicted molar refractivity (Wildman–Crippen MR) is 114 cm³/mol. The zero-order valence-electron chi connectivity index (χ0n) is 16.2. The van der Waals surface area contributed by atoms with Gasteiger partial charge in [-0.05, 0) is 42.3 Å². The van der Waals surface area contributed by atoms with Gasteiger partial charge in [0.25, 0.3) is 5.95 Å². The van der Waals surface area contributed by atoms with Crippen LogP contribution >= 0.6 is 0 Å². The summed E-state index contributed by atoms with van der Waals surface area (Å²) in [5.41, 5.74) is 7.68. The molecule has 11 heteroatoms. The Hall–Kier alpha value is -4.67. The van der Waals surface area contributed by atoms with E-state index in [0.717, 1.165) is 0 Å². The molecule has 0 radical (unpaired) electrons. The Labute approximate surface area is 176 Å². The van der Waals surface area contributed by atoms with Crippen molar-refractivity contribution in [3.8, 4) is 0 Å². The molecule has 156 valence electrons. The molecule has 1 aromatic heterocycles. The summed E-state index contributed by atoms with van der Waals surface area (Å²) in [6.45, 7) is 1.70. The van der Waals surface area contributed by atoms with Gasteiger partial charge in [-0.15, -0.1) is 10.2 Å². The topological polar surface area (TPSA) is 162 Å². The van der Waals surface area contributed by atoms with Crippen LogP contribution < -0.4 is 10.9 Å². The van der Waals surface area contributed by atoms with Crippen molar-refractivity contribution in [2.24, 2.45) is 10.2 Å². The van der Waals surface area contributed by atoms with E-state index in [9.17, 15) is 9.59 Å². The number of carbonyl (C=O) groups is 2. The van der Waals surface area contributed by atoms with E-state index in [2.05, 4.69) is 36.2 Å². The summed E-state index contributed by atoms with van der Waals surface area (Å²) in [7, 11) is 0. The van der Waals surface area contributed by atoms with Gasteiger partial charge >= 0.3 is 11.9 Å². The van der Waals surface area contributed by atoms with Gasteiger partial charge in [0, 0.05) is 0 Å². The van der Waals surface area contributed by atoms with Gasteiger partial charge in [-0.2, -0.15) is 15.2 Å². The Morgan fingerprint density at radius 2 is 1.29 bits per heavy atom. The Morgan fingerprint density at radius 1 is 0.806 bits per heavy atom. The highest BCUT2D eigenvalue weighted by atomic mass is 16.4. The van der Waals surface area contributed by atoms with E-state index in [0.29, 0.717) is 22.6 Å². The van der Waals surface area contributed by atoms with E-state index in [1.807, 2.05) is 0 Å². The number of carboxylic acid groups (broad SMARTS) is 2. The van der Waals surface area contributed by atoms with Crippen LogP contribution in [0.5, 0.6) is 0 Å². The van der Waals surface area contributed by atoms with Gasteiger partial charge in [0.05, 0.1) is 23.6 Å². The molecule has 0 saturated carbocycles. The Balaban J connectivity index is 1.61. The van der Waals surface area contributed by atoms with Crippen LogP contribution in [0, 0.1) is 6.92 Å². The minimum atomic E-state index is -0.999. The number of rotatable bonds is 8. The maximum absolute atomic E-state index is 10.9. The van der Waals surface area contributed by atoms with Gasteiger partial charge < -0.3 is 10.2 Å². The fourth-order valence-electron chi connectivity index (χ4n) is 2.29. The highest BCUT2D eigenvalue weighted by Gasteiger charge is 2.05. The van der Waals surface area contributed by atoms with Crippen LogP contribution in [0.25, 0.3) is 0 Å². The van der Waals surface area contributed by atoms with Crippen LogP contribution in [0.4, 0.5) is 11.8 Å². The molecule has 0 amide bonds. The third-order valence-corrected chi connectivity index (χ3v) is 3.93. The van der Waals surface area contributed by atoms with Gasteiger partial charge in [-0.25, -0.2) is 15.0 Å². The van der Waals surface area contributed by atoms with Crippen molar-refractivity contribution in [1.82, 2.24) is 15.2 Å². The summed E-state index contributed by atoms with van der Waals surface area (Å²) in [6, 6.07) is 12.4. The molecule has 0 spiro atoms. The van der Waals surface area contributed by atoms with Crippen molar-refractivity contribution in [1.29, 1.82) is 0 Å². The number of aryl methyl sites for hydroxylation is 1. The number of aromatic carboxylic acids is 2. The largest absolute Gasteiger partial charge is 0.478 e. The molecule has 31 heavy (non-hydrogen) atoms. The summed E-state index contributed by atoms with van der Waals surface area (Å²) >= 11 is 0. The number of aromatic nitrogens is 3. The predicted octanol–water partition coefficient (Wildman–Crippen LogP) is 2.47. The fraction of sp³-hybridized carbons (Fsp3) is 0.0500. The van der Waals surface area contributed by atoms with E-state index >= 15 is 0 Å². The zero-order chi connectivity index (χ0) is 22.2. The van der Waals surface area contributed by atoms with Crippen LogP contribution in [0.2, 0.25) is 0 Å². The second-order valence-corrected chi connectivity index (χ2v) is 6.16. The minimum Gasteiger partial charge on any atom is -0.478 e. The summed E-state index contributed by atoms with van der Waals surface area (Å²) < 4.78 is 0. The summed E-state index contributed by atoms with van der Waals surface area (Å²) in [5, 5.41) is 33.8. The van der Waals surface area contributed by atoms with Crippen LogP contribution in [-0.2, 0) is 0 Å². The number of carboxylic acids is 2.